The molecule has 0 saturated carbocycles. The van der Waals surface area contributed by atoms with Gasteiger partial charge < -0.3 is 5.32 Å². The molecule has 4 rings (SSSR count). The predicted octanol–water partition coefficient (Wildman–Crippen LogP) is 3.21. The molecule has 12 heteroatoms. The molecule has 4 aromatic rings. The Hall–Kier alpha value is -4.27. The molecular weight excluding hydrogens is 399 g/mol. The molecule has 0 saturated heterocycles. The van der Waals surface area contributed by atoms with Crippen LogP contribution >= 0.6 is 0 Å². The summed E-state index contributed by atoms with van der Waals surface area (Å²) < 4.78 is 38.8. The van der Waals surface area contributed by atoms with Crippen LogP contribution in [0.4, 0.5) is 24.8 Å². The molecule has 0 atom stereocenters. The van der Waals surface area contributed by atoms with Gasteiger partial charge in [-0.15, -0.1) is 0 Å². The molecule has 0 fully saturated rings. The number of pyridine rings is 1. The first-order valence-corrected chi connectivity index (χ1v) is 8.37. The summed E-state index contributed by atoms with van der Waals surface area (Å²) in [6.07, 6.45) is 1.82. The summed E-state index contributed by atoms with van der Waals surface area (Å²) in [5.41, 5.74) is 0.891. The zero-order valence-electron chi connectivity index (χ0n) is 15.2. The number of nitriles is 1. The number of alkyl halides is 3. The van der Waals surface area contributed by atoms with E-state index in [0.717, 1.165) is 5.56 Å². The Morgan fingerprint density at radius 1 is 1.03 bits per heavy atom. The number of halogens is 3. The third kappa shape index (κ3) is 3.55. The number of rotatable bonds is 3. The van der Waals surface area contributed by atoms with Gasteiger partial charge in [0.05, 0.1) is 17.6 Å². The standard InChI is InChI=1S/C18H10F3N9/c1-9-5-23-8-27-14(9)13-7-25-15-11(2-3-24-16(15)28-13)29-17-26-6-10(18(19,20)21)12(4-22)30-17/h2-3,5-8H,1H3,(H,24,26,28,29,30). The van der Waals surface area contributed by atoms with Crippen molar-refractivity contribution in [3.05, 3.63) is 54.0 Å². The van der Waals surface area contributed by atoms with E-state index in [1.54, 1.807) is 12.3 Å². The Bertz CT molecular complexity index is 1300. The van der Waals surface area contributed by atoms with Gasteiger partial charge in [-0.1, -0.05) is 0 Å². The molecule has 0 unspecified atom stereocenters. The second kappa shape index (κ2) is 7.28. The third-order valence-electron chi connectivity index (χ3n) is 4.03. The van der Waals surface area contributed by atoms with Crippen LogP contribution in [-0.2, 0) is 6.18 Å². The Morgan fingerprint density at radius 3 is 2.60 bits per heavy atom. The fourth-order valence-corrected chi connectivity index (χ4v) is 2.66. The van der Waals surface area contributed by atoms with Crippen LogP contribution in [0.1, 0.15) is 16.8 Å². The van der Waals surface area contributed by atoms with Crippen molar-refractivity contribution in [2.45, 2.75) is 13.1 Å². The molecule has 0 aliphatic carbocycles. The van der Waals surface area contributed by atoms with Crippen LogP contribution in [0.5, 0.6) is 0 Å². The lowest BCUT2D eigenvalue weighted by Gasteiger charge is -2.11. The number of aryl methyl sites for hydroxylation is 1. The van der Waals surface area contributed by atoms with Gasteiger partial charge in [0, 0.05) is 18.6 Å². The Morgan fingerprint density at radius 2 is 1.87 bits per heavy atom. The van der Waals surface area contributed by atoms with Gasteiger partial charge in [0.15, 0.2) is 11.3 Å². The van der Waals surface area contributed by atoms with E-state index < -0.39 is 17.4 Å². The second-order valence-corrected chi connectivity index (χ2v) is 6.03. The molecule has 1 N–H and O–H groups in total. The predicted molar refractivity (Wildman–Crippen MR) is 98.1 cm³/mol. The highest BCUT2D eigenvalue weighted by Crippen LogP contribution is 2.31. The van der Waals surface area contributed by atoms with Gasteiger partial charge in [-0.25, -0.2) is 34.9 Å². The van der Waals surface area contributed by atoms with Gasteiger partial charge in [-0.2, -0.15) is 18.4 Å². The fraction of sp³-hybridized carbons (Fsp3) is 0.111. The van der Waals surface area contributed by atoms with Crippen molar-refractivity contribution in [2.24, 2.45) is 0 Å². The van der Waals surface area contributed by atoms with Crippen LogP contribution in [0.15, 0.2) is 37.2 Å². The SMILES string of the molecule is Cc1cncnc1-c1cnc2c(Nc3ncc(C(F)(F)F)c(C#N)n3)ccnc2n1. The van der Waals surface area contributed by atoms with E-state index in [-0.39, 0.29) is 11.6 Å². The monoisotopic (exact) mass is 409 g/mol. The molecule has 4 aromatic heterocycles. The maximum atomic E-state index is 12.9. The molecule has 0 spiro atoms. The highest BCUT2D eigenvalue weighted by Gasteiger charge is 2.35. The lowest BCUT2D eigenvalue weighted by atomic mass is 10.2. The van der Waals surface area contributed by atoms with Gasteiger partial charge >= 0.3 is 6.18 Å². The highest BCUT2D eigenvalue weighted by molar-refractivity contribution is 5.87. The highest BCUT2D eigenvalue weighted by atomic mass is 19.4. The van der Waals surface area contributed by atoms with Crippen LogP contribution in [-0.4, -0.2) is 34.9 Å². The number of fused-ring (bicyclic) bond motifs is 1. The second-order valence-electron chi connectivity index (χ2n) is 6.03. The molecule has 148 valence electrons. The number of aromatic nitrogens is 7. The van der Waals surface area contributed by atoms with Gasteiger partial charge in [0.2, 0.25) is 5.95 Å². The topological polar surface area (TPSA) is 126 Å². The number of anilines is 2. The van der Waals surface area contributed by atoms with Crippen molar-refractivity contribution in [1.29, 1.82) is 5.26 Å². The van der Waals surface area contributed by atoms with Crippen molar-refractivity contribution < 1.29 is 13.2 Å². The zero-order chi connectivity index (χ0) is 21.3. The lowest BCUT2D eigenvalue weighted by Crippen LogP contribution is -2.11. The average Bonchev–Trinajstić information content (AvgIpc) is 2.73. The minimum atomic E-state index is -4.73. The first-order valence-electron chi connectivity index (χ1n) is 8.37. The van der Waals surface area contributed by atoms with Crippen molar-refractivity contribution in [3.63, 3.8) is 0 Å². The molecule has 0 bridgehead atoms. The number of hydrogen-bond donors (Lipinski definition) is 1. The van der Waals surface area contributed by atoms with E-state index >= 15 is 0 Å². The maximum absolute atomic E-state index is 12.9. The minimum absolute atomic E-state index is 0.190. The van der Waals surface area contributed by atoms with Crippen LogP contribution < -0.4 is 5.32 Å². The van der Waals surface area contributed by atoms with E-state index in [4.69, 9.17) is 5.26 Å². The van der Waals surface area contributed by atoms with Crippen molar-refractivity contribution >= 4 is 22.8 Å². The van der Waals surface area contributed by atoms with E-state index in [1.807, 2.05) is 6.92 Å². The van der Waals surface area contributed by atoms with E-state index in [1.165, 1.54) is 24.8 Å². The quantitative estimate of drug-likeness (QED) is 0.543. The molecule has 0 radical (unpaired) electrons. The number of nitrogens with zero attached hydrogens (tertiary/aromatic N) is 8. The summed E-state index contributed by atoms with van der Waals surface area (Å²) in [5.74, 6) is -0.190. The maximum Gasteiger partial charge on any atom is 0.420 e. The molecule has 9 nitrogen and oxygen atoms in total. The molecule has 0 aliphatic rings. The van der Waals surface area contributed by atoms with Crippen LogP contribution in [0.3, 0.4) is 0 Å². The molecule has 0 aromatic carbocycles. The summed E-state index contributed by atoms with van der Waals surface area (Å²) in [7, 11) is 0. The lowest BCUT2D eigenvalue weighted by molar-refractivity contribution is -0.138. The summed E-state index contributed by atoms with van der Waals surface area (Å²) >= 11 is 0. The van der Waals surface area contributed by atoms with Crippen molar-refractivity contribution in [3.8, 4) is 17.5 Å². The Balaban J connectivity index is 1.72. The first kappa shape index (κ1) is 19.1. The van der Waals surface area contributed by atoms with Crippen molar-refractivity contribution in [2.75, 3.05) is 5.32 Å². The molecule has 0 amide bonds. The Labute approximate surface area is 166 Å². The van der Waals surface area contributed by atoms with E-state index in [9.17, 15) is 13.2 Å². The van der Waals surface area contributed by atoms with Crippen LogP contribution in [0.25, 0.3) is 22.6 Å². The minimum Gasteiger partial charge on any atom is -0.322 e. The van der Waals surface area contributed by atoms with Gasteiger partial charge in [-0.3, -0.25) is 0 Å². The number of nitrogens with one attached hydrogen (secondary N) is 1. The zero-order valence-corrected chi connectivity index (χ0v) is 15.2. The average molecular weight is 409 g/mol. The summed E-state index contributed by atoms with van der Waals surface area (Å²) in [6.45, 7) is 1.83. The van der Waals surface area contributed by atoms with Crippen LogP contribution in [0.2, 0.25) is 0 Å². The van der Waals surface area contributed by atoms with E-state index in [2.05, 4.69) is 40.2 Å². The molecule has 4 heterocycles. The van der Waals surface area contributed by atoms with Gasteiger partial charge in [-0.05, 0) is 18.6 Å². The van der Waals surface area contributed by atoms with E-state index in [0.29, 0.717) is 28.8 Å². The largest absolute Gasteiger partial charge is 0.420 e. The molecule has 30 heavy (non-hydrogen) atoms. The molecular formula is C18H10F3N9. The van der Waals surface area contributed by atoms with Crippen LogP contribution in [0, 0.1) is 18.3 Å². The summed E-state index contributed by atoms with van der Waals surface area (Å²) in [6, 6.07) is 2.97. The normalized spacial score (nSPS) is 11.3. The Kier molecular flexibility index (Phi) is 4.63. The number of hydrogen-bond acceptors (Lipinski definition) is 9. The summed E-state index contributed by atoms with van der Waals surface area (Å²) in [5, 5.41) is 11.8. The molecule has 0 aliphatic heterocycles. The summed E-state index contributed by atoms with van der Waals surface area (Å²) in [4.78, 5) is 28.4. The van der Waals surface area contributed by atoms with Gasteiger partial charge in [0.25, 0.3) is 0 Å². The van der Waals surface area contributed by atoms with Crippen molar-refractivity contribution in [1.82, 2.24) is 34.9 Å². The first-order chi connectivity index (χ1) is 14.4. The smallest absolute Gasteiger partial charge is 0.322 e. The fourth-order valence-electron chi connectivity index (χ4n) is 2.66. The van der Waals surface area contributed by atoms with Gasteiger partial charge in [0.1, 0.15) is 29.2 Å². The third-order valence-corrected chi connectivity index (χ3v) is 4.03.